The van der Waals surface area contributed by atoms with Gasteiger partial charge in [-0.25, -0.2) is 0 Å². The Labute approximate surface area is 242 Å². The highest BCUT2D eigenvalue weighted by Gasteiger charge is 2.21. The van der Waals surface area contributed by atoms with Crippen LogP contribution in [-0.4, -0.2) is 54.4 Å². The van der Waals surface area contributed by atoms with Crippen molar-refractivity contribution < 1.29 is 14.3 Å². The third-order valence-corrected chi connectivity index (χ3v) is 7.97. The zero-order chi connectivity index (χ0) is 27.1. The van der Waals surface area contributed by atoms with Gasteiger partial charge < -0.3 is 25.3 Å². The summed E-state index contributed by atoms with van der Waals surface area (Å²) in [6.07, 6.45) is 9.03. The third kappa shape index (κ3) is 7.90. The van der Waals surface area contributed by atoms with E-state index < -0.39 is 0 Å². The molecular formula is C30H40Cl2N4O3. The van der Waals surface area contributed by atoms with Crippen LogP contribution in [0.25, 0.3) is 10.9 Å². The van der Waals surface area contributed by atoms with E-state index in [2.05, 4.69) is 16.3 Å². The molecule has 0 aliphatic carbocycles. The molecule has 2 aromatic carbocycles. The Kier molecular flexibility index (Phi) is 11.5. The maximum absolute atomic E-state index is 12.8. The molecule has 212 valence electrons. The van der Waals surface area contributed by atoms with Gasteiger partial charge in [-0.2, -0.15) is 0 Å². The molecule has 0 spiro atoms. The van der Waals surface area contributed by atoms with E-state index >= 15 is 0 Å². The predicted octanol–water partition coefficient (Wildman–Crippen LogP) is 6.12. The highest BCUT2D eigenvalue weighted by molar-refractivity contribution is 6.33. The summed E-state index contributed by atoms with van der Waals surface area (Å²) in [5.41, 5.74) is 8.56. The normalized spacial score (nSPS) is 14.2. The average molecular weight is 576 g/mol. The number of aryl methyl sites for hydroxylation is 1. The van der Waals surface area contributed by atoms with Crippen LogP contribution in [0.2, 0.25) is 5.02 Å². The van der Waals surface area contributed by atoms with Crippen LogP contribution >= 0.6 is 24.0 Å². The van der Waals surface area contributed by atoms with Gasteiger partial charge in [-0.05, 0) is 63.4 Å². The first-order chi connectivity index (χ1) is 18.4. The summed E-state index contributed by atoms with van der Waals surface area (Å²) in [6, 6.07) is 11.2. The molecule has 1 fully saturated rings. The number of aromatic nitrogens is 1. The lowest BCUT2D eigenvalue weighted by Gasteiger charge is -2.32. The second-order valence-corrected chi connectivity index (χ2v) is 10.7. The van der Waals surface area contributed by atoms with Gasteiger partial charge in [0.1, 0.15) is 5.75 Å². The van der Waals surface area contributed by atoms with Gasteiger partial charge in [-0.1, -0.05) is 42.6 Å². The van der Waals surface area contributed by atoms with Crippen molar-refractivity contribution in [2.24, 2.45) is 13.0 Å². The first kappa shape index (κ1) is 30.8. The zero-order valence-corrected chi connectivity index (χ0v) is 24.5. The smallest absolute Gasteiger partial charge is 0.255 e. The largest absolute Gasteiger partial charge is 0.496 e. The van der Waals surface area contributed by atoms with Gasteiger partial charge in [-0.3, -0.25) is 9.59 Å². The number of likely N-dealkylation sites (tertiary alicyclic amines) is 1. The zero-order valence-electron chi connectivity index (χ0n) is 22.9. The summed E-state index contributed by atoms with van der Waals surface area (Å²) in [5.74, 6) is 0.946. The molecule has 1 aromatic heterocycles. The molecule has 0 unspecified atom stereocenters. The molecule has 0 atom stereocenters. The average Bonchev–Trinajstić information content (AvgIpc) is 3.27. The first-order valence-corrected chi connectivity index (χ1v) is 14.0. The quantitative estimate of drug-likeness (QED) is 0.154. The fourth-order valence-electron chi connectivity index (χ4n) is 5.33. The van der Waals surface area contributed by atoms with Crippen LogP contribution in [0.5, 0.6) is 5.75 Å². The molecule has 7 nitrogen and oxygen atoms in total. The molecule has 1 aliphatic rings. The van der Waals surface area contributed by atoms with Crippen molar-refractivity contribution in [2.75, 3.05) is 39.0 Å². The minimum atomic E-state index is -0.190. The van der Waals surface area contributed by atoms with E-state index in [1.807, 2.05) is 36.0 Å². The second-order valence-electron chi connectivity index (χ2n) is 10.3. The topological polar surface area (TPSA) is 89.6 Å². The molecule has 3 N–H and O–H groups in total. The number of carbonyl (C=O) groups excluding carboxylic acids is 2. The van der Waals surface area contributed by atoms with E-state index in [4.69, 9.17) is 22.1 Å². The second kappa shape index (κ2) is 14.6. The van der Waals surface area contributed by atoms with E-state index in [0.717, 1.165) is 74.6 Å². The maximum Gasteiger partial charge on any atom is 0.255 e. The Morgan fingerprint density at radius 1 is 1.08 bits per heavy atom. The van der Waals surface area contributed by atoms with Gasteiger partial charge in [0.2, 0.25) is 0 Å². The molecule has 3 aromatic rings. The number of piperidine rings is 1. The number of Topliss-reactive ketones (excluding diaryl/α,β-unsaturated/α-hetero) is 1. The van der Waals surface area contributed by atoms with Gasteiger partial charge in [0, 0.05) is 48.7 Å². The van der Waals surface area contributed by atoms with Gasteiger partial charge in [0.05, 0.1) is 23.4 Å². The number of nitrogens with zero attached hydrogens (tertiary/aromatic N) is 2. The van der Waals surface area contributed by atoms with Crippen molar-refractivity contribution >= 4 is 52.3 Å². The number of anilines is 1. The number of hydrogen-bond acceptors (Lipinski definition) is 5. The molecule has 1 amide bonds. The number of halogens is 2. The predicted molar refractivity (Wildman–Crippen MR) is 161 cm³/mol. The van der Waals surface area contributed by atoms with Gasteiger partial charge >= 0.3 is 0 Å². The van der Waals surface area contributed by atoms with Gasteiger partial charge in [-0.15, -0.1) is 12.4 Å². The number of ketones is 1. The number of nitrogens with one attached hydrogen (secondary N) is 1. The number of carbonyl (C=O) groups is 2. The number of nitrogen functional groups attached to an aromatic ring is 1. The Bertz CT molecular complexity index is 1270. The van der Waals surface area contributed by atoms with Crippen LogP contribution in [0.1, 0.15) is 65.7 Å². The summed E-state index contributed by atoms with van der Waals surface area (Å²) in [6.45, 7) is 3.84. The molecule has 1 aliphatic heterocycles. The van der Waals surface area contributed by atoms with Gasteiger partial charge in [0.15, 0.2) is 5.78 Å². The Morgan fingerprint density at radius 3 is 2.54 bits per heavy atom. The van der Waals surface area contributed by atoms with Crippen LogP contribution < -0.4 is 15.8 Å². The molecule has 0 radical (unpaired) electrons. The number of amides is 1. The summed E-state index contributed by atoms with van der Waals surface area (Å²) < 4.78 is 7.33. The Hall–Kier alpha value is -2.74. The van der Waals surface area contributed by atoms with Crippen LogP contribution in [0.3, 0.4) is 0 Å². The number of nitrogens with two attached hydrogens (primary N) is 1. The van der Waals surface area contributed by atoms with Crippen LogP contribution in [0.4, 0.5) is 5.69 Å². The fraction of sp³-hybridized carbons (Fsp3) is 0.467. The molecule has 0 bridgehead atoms. The first-order valence-electron chi connectivity index (χ1n) is 13.6. The van der Waals surface area contributed by atoms with E-state index in [-0.39, 0.29) is 24.1 Å². The van der Waals surface area contributed by atoms with Crippen LogP contribution in [-0.2, 0) is 7.05 Å². The summed E-state index contributed by atoms with van der Waals surface area (Å²) >= 11 is 6.10. The Morgan fingerprint density at radius 2 is 1.79 bits per heavy atom. The molecule has 9 heteroatoms. The summed E-state index contributed by atoms with van der Waals surface area (Å²) in [7, 11) is 3.51. The van der Waals surface area contributed by atoms with E-state index in [9.17, 15) is 9.59 Å². The SMILES string of the molecule is COc1cc(N)c(Cl)cc1C(=O)NCC1CCN(CCCCCCC(=O)c2cn(C)c3ccccc23)CC1.Cl. The number of ether oxygens (including phenoxy) is 1. The highest BCUT2D eigenvalue weighted by atomic mass is 35.5. The summed E-state index contributed by atoms with van der Waals surface area (Å²) in [4.78, 5) is 28.0. The number of unbranched alkanes of at least 4 members (excludes halogenated alkanes) is 3. The van der Waals surface area contributed by atoms with Crippen molar-refractivity contribution in [1.82, 2.24) is 14.8 Å². The number of para-hydroxylation sites is 1. The number of hydrogen-bond donors (Lipinski definition) is 2. The van der Waals surface area contributed by atoms with Gasteiger partial charge in [0.25, 0.3) is 5.91 Å². The van der Waals surface area contributed by atoms with Crippen molar-refractivity contribution in [3.8, 4) is 5.75 Å². The Balaban J connectivity index is 0.00000420. The minimum absolute atomic E-state index is 0. The van der Waals surface area contributed by atoms with E-state index in [1.165, 1.54) is 7.11 Å². The highest BCUT2D eigenvalue weighted by Crippen LogP contribution is 2.29. The minimum Gasteiger partial charge on any atom is -0.496 e. The van der Waals surface area contributed by atoms with Crippen LogP contribution in [0.15, 0.2) is 42.6 Å². The molecular weight excluding hydrogens is 535 g/mol. The molecule has 1 saturated heterocycles. The lowest BCUT2D eigenvalue weighted by atomic mass is 9.96. The summed E-state index contributed by atoms with van der Waals surface area (Å²) in [5, 5.41) is 4.44. The maximum atomic E-state index is 12.8. The lowest BCUT2D eigenvalue weighted by molar-refractivity contribution is 0.0931. The molecule has 2 heterocycles. The third-order valence-electron chi connectivity index (χ3n) is 7.65. The standard InChI is InChI=1S/C30H39ClN4O3.ClH/c1-34-20-24(22-9-6-7-10-27(22)34)28(36)11-5-3-4-8-14-35-15-12-21(13-16-35)19-33-30(37)23-17-25(31)26(32)18-29(23)38-2;/h6-7,9-10,17-18,20-21H,3-5,8,11-16,19,32H2,1-2H3,(H,33,37);1H. The molecule has 0 saturated carbocycles. The van der Waals surface area contributed by atoms with Crippen molar-refractivity contribution in [1.29, 1.82) is 0 Å². The van der Waals surface area contributed by atoms with Crippen molar-refractivity contribution in [3.05, 3.63) is 58.7 Å². The number of rotatable bonds is 12. The van der Waals surface area contributed by atoms with Crippen LogP contribution in [0, 0.1) is 5.92 Å². The van der Waals surface area contributed by atoms with E-state index in [0.29, 0.717) is 40.9 Å². The fourth-order valence-corrected chi connectivity index (χ4v) is 5.50. The number of benzene rings is 2. The number of fused-ring (bicyclic) bond motifs is 1. The van der Waals surface area contributed by atoms with Crippen molar-refractivity contribution in [3.63, 3.8) is 0 Å². The van der Waals surface area contributed by atoms with Crippen molar-refractivity contribution in [2.45, 2.75) is 44.9 Å². The molecule has 4 rings (SSSR count). The van der Waals surface area contributed by atoms with E-state index in [1.54, 1.807) is 12.1 Å². The number of methoxy groups -OCH3 is 1. The monoisotopic (exact) mass is 574 g/mol. The lowest BCUT2D eigenvalue weighted by Crippen LogP contribution is -2.39. The molecule has 39 heavy (non-hydrogen) atoms.